The van der Waals surface area contributed by atoms with Crippen molar-refractivity contribution in [3.8, 4) is 17.0 Å². The van der Waals surface area contributed by atoms with E-state index in [2.05, 4.69) is 9.97 Å². The van der Waals surface area contributed by atoms with E-state index in [0.29, 0.717) is 5.82 Å². The molecule has 0 amide bonds. The monoisotopic (exact) mass is 245 g/mol. The van der Waals surface area contributed by atoms with Crippen LogP contribution in [0.5, 0.6) is 5.75 Å². The molecule has 0 saturated carbocycles. The summed E-state index contributed by atoms with van der Waals surface area (Å²) in [4.78, 5) is 8.29. The fourth-order valence-corrected chi connectivity index (χ4v) is 1.56. The molecule has 0 fully saturated rings. The Morgan fingerprint density at radius 3 is 2.61 bits per heavy atom. The summed E-state index contributed by atoms with van der Waals surface area (Å²) in [6.07, 6.45) is 0.782. The number of aliphatic hydroxyl groups excluding tert-OH is 1. The molecule has 1 unspecified atom stereocenters. The zero-order chi connectivity index (χ0) is 13.0. The number of hydrogen-bond donors (Lipinski definition) is 2. The predicted molar refractivity (Wildman–Crippen MR) is 68.0 cm³/mol. The average Bonchev–Trinajstić information content (AvgIpc) is 2.46. The lowest BCUT2D eigenvalue weighted by atomic mass is 10.1. The van der Waals surface area contributed by atoms with Crippen LogP contribution < -0.4 is 10.5 Å². The normalized spacial score (nSPS) is 12.2. The van der Waals surface area contributed by atoms with E-state index in [1.165, 1.54) is 0 Å². The third-order valence-electron chi connectivity index (χ3n) is 2.58. The lowest BCUT2D eigenvalue weighted by molar-refractivity contribution is 0.176. The lowest BCUT2D eigenvalue weighted by Gasteiger charge is -2.08. The molecule has 0 saturated heterocycles. The summed E-state index contributed by atoms with van der Waals surface area (Å²) in [5.74, 6) is 1.13. The zero-order valence-electron chi connectivity index (χ0n) is 10.1. The zero-order valence-corrected chi connectivity index (χ0v) is 10.1. The summed E-state index contributed by atoms with van der Waals surface area (Å²) >= 11 is 0. The molecule has 0 aliphatic rings. The molecule has 94 valence electrons. The van der Waals surface area contributed by atoms with Crippen LogP contribution in [0.25, 0.3) is 11.3 Å². The summed E-state index contributed by atoms with van der Waals surface area (Å²) in [7, 11) is 1.62. The molecule has 3 N–H and O–H groups in total. The molecule has 1 aromatic heterocycles. The van der Waals surface area contributed by atoms with Gasteiger partial charge < -0.3 is 15.6 Å². The maximum Gasteiger partial charge on any atom is 0.158 e. The molecule has 5 heteroatoms. The predicted octanol–water partition coefficient (Wildman–Crippen LogP) is 1.14. The highest BCUT2D eigenvalue weighted by Crippen LogP contribution is 2.21. The Kier molecular flexibility index (Phi) is 3.86. The van der Waals surface area contributed by atoms with Gasteiger partial charge >= 0.3 is 0 Å². The van der Waals surface area contributed by atoms with E-state index in [1.807, 2.05) is 24.3 Å². The highest BCUT2D eigenvalue weighted by atomic mass is 16.5. The van der Waals surface area contributed by atoms with E-state index in [0.717, 1.165) is 17.0 Å². The highest BCUT2D eigenvalue weighted by molar-refractivity contribution is 5.59. The quantitative estimate of drug-likeness (QED) is 0.844. The van der Waals surface area contributed by atoms with E-state index < -0.39 is 6.10 Å². The maximum atomic E-state index is 9.61. The molecule has 1 atom stereocenters. The van der Waals surface area contributed by atoms with Crippen LogP contribution in [0.4, 0.5) is 0 Å². The Bertz CT molecular complexity index is 514. The van der Waals surface area contributed by atoms with Gasteiger partial charge in [-0.2, -0.15) is 0 Å². The van der Waals surface area contributed by atoms with Crippen molar-refractivity contribution in [2.24, 2.45) is 5.73 Å². The number of rotatable bonds is 4. The molecule has 2 aromatic rings. The molecule has 5 nitrogen and oxygen atoms in total. The first kappa shape index (κ1) is 12.5. The van der Waals surface area contributed by atoms with E-state index in [9.17, 15) is 5.11 Å². The van der Waals surface area contributed by atoms with Crippen LogP contribution in [0.1, 0.15) is 11.9 Å². The summed E-state index contributed by atoms with van der Waals surface area (Å²) in [6.45, 7) is 0.103. The fraction of sp³-hybridized carbons (Fsp3) is 0.231. The lowest BCUT2D eigenvalue weighted by Crippen LogP contribution is -2.14. The second kappa shape index (κ2) is 5.57. The van der Waals surface area contributed by atoms with E-state index in [-0.39, 0.29) is 6.54 Å². The minimum Gasteiger partial charge on any atom is -0.497 e. The van der Waals surface area contributed by atoms with Gasteiger partial charge in [0.05, 0.1) is 12.8 Å². The number of hydrogen-bond acceptors (Lipinski definition) is 5. The van der Waals surface area contributed by atoms with Gasteiger partial charge in [0.1, 0.15) is 11.9 Å². The first-order chi connectivity index (χ1) is 8.74. The van der Waals surface area contributed by atoms with Gasteiger partial charge in [-0.25, -0.2) is 9.97 Å². The van der Waals surface area contributed by atoms with E-state index >= 15 is 0 Å². The minimum atomic E-state index is -0.830. The van der Waals surface area contributed by atoms with Gasteiger partial charge in [-0.15, -0.1) is 0 Å². The largest absolute Gasteiger partial charge is 0.497 e. The van der Waals surface area contributed by atoms with Crippen molar-refractivity contribution in [1.29, 1.82) is 0 Å². The number of nitrogens with zero attached hydrogens (tertiary/aromatic N) is 2. The van der Waals surface area contributed by atoms with Crippen LogP contribution in [0, 0.1) is 0 Å². The first-order valence-corrected chi connectivity index (χ1v) is 5.60. The fourth-order valence-electron chi connectivity index (χ4n) is 1.56. The molecule has 0 bridgehead atoms. The van der Waals surface area contributed by atoms with Crippen molar-refractivity contribution in [3.63, 3.8) is 0 Å². The number of benzene rings is 1. The van der Waals surface area contributed by atoms with Crippen molar-refractivity contribution in [3.05, 3.63) is 42.4 Å². The van der Waals surface area contributed by atoms with Crippen molar-refractivity contribution < 1.29 is 9.84 Å². The Morgan fingerprint density at radius 1 is 1.28 bits per heavy atom. The SMILES string of the molecule is COc1ccc(-c2ccnc(C(O)CN)n2)cc1. The molecule has 1 aromatic carbocycles. The van der Waals surface area contributed by atoms with Gasteiger partial charge in [-0.05, 0) is 30.3 Å². The molecule has 0 spiro atoms. The van der Waals surface area contributed by atoms with Crippen molar-refractivity contribution in [2.45, 2.75) is 6.10 Å². The number of ether oxygens (including phenoxy) is 1. The third-order valence-corrected chi connectivity index (χ3v) is 2.58. The van der Waals surface area contributed by atoms with Gasteiger partial charge in [0, 0.05) is 18.3 Å². The van der Waals surface area contributed by atoms with Gasteiger partial charge in [0.15, 0.2) is 5.82 Å². The van der Waals surface area contributed by atoms with Crippen LogP contribution >= 0.6 is 0 Å². The summed E-state index contributed by atoms with van der Waals surface area (Å²) in [5, 5.41) is 9.61. The van der Waals surface area contributed by atoms with Gasteiger partial charge in [0.2, 0.25) is 0 Å². The molecule has 0 radical (unpaired) electrons. The molecular weight excluding hydrogens is 230 g/mol. The first-order valence-electron chi connectivity index (χ1n) is 5.60. The molecule has 0 aliphatic carbocycles. The number of methoxy groups -OCH3 is 1. The summed E-state index contributed by atoms with van der Waals surface area (Å²) in [5.41, 5.74) is 7.06. The Balaban J connectivity index is 2.32. The van der Waals surface area contributed by atoms with E-state index in [4.69, 9.17) is 10.5 Å². The second-order valence-electron chi connectivity index (χ2n) is 3.78. The molecule has 0 aliphatic heterocycles. The van der Waals surface area contributed by atoms with Crippen LogP contribution in [0.3, 0.4) is 0 Å². The standard InChI is InChI=1S/C13H15N3O2/c1-18-10-4-2-9(3-5-10)11-6-7-15-13(16-11)12(17)8-14/h2-7,12,17H,8,14H2,1H3. The molecule has 1 heterocycles. The molecule has 2 rings (SSSR count). The van der Waals surface area contributed by atoms with Gasteiger partial charge in [-0.1, -0.05) is 0 Å². The van der Waals surface area contributed by atoms with Crippen LogP contribution in [0.15, 0.2) is 36.5 Å². The van der Waals surface area contributed by atoms with Crippen molar-refractivity contribution in [2.75, 3.05) is 13.7 Å². The van der Waals surface area contributed by atoms with Crippen LogP contribution in [-0.4, -0.2) is 28.7 Å². The topological polar surface area (TPSA) is 81.3 Å². The average molecular weight is 245 g/mol. The second-order valence-corrected chi connectivity index (χ2v) is 3.78. The van der Waals surface area contributed by atoms with Crippen molar-refractivity contribution >= 4 is 0 Å². The van der Waals surface area contributed by atoms with Crippen LogP contribution in [0.2, 0.25) is 0 Å². The summed E-state index contributed by atoms with van der Waals surface area (Å²) < 4.78 is 5.10. The van der Waals surface area contributed by atoms with Gasteiger partial charge in [0.25, 0.3) is 0 Å². The number of aliphatic hydroxyl groups is 1. The number of nitrogens with two attached hydrogens (primary N) is 1. The Labute approximate surface area is 105 Å². The Morgan fingerprint density at radius 2 is 2.00 bits per heavy atom. The minimum absolute atomic E-state index is 0.103. The third kappa shape index (κ3) is 2.64. The Hall–Kier alpha value is -1.98. The molecule has 18 heavy (non-hydrogen) atoms. The van der Waals surface area contributed by atoms with Crippen molar-refractivity contribution in [1.82, 2.24) is 9.97 Å². The molecular formula is C13H15N3O2. The van der Waals surface area contributed by atoms with Crippen LogP contribution in [-0.2, 0) is 0 Å². The number of aromatic nitrogens is 2. The van der Waals surface area contributed by atoms with Gasteiger partial charge in [-0.3, -0.25) is 0 Å². The van der Waals surface area contributed by atoms with E-state index in [1.54, 1.807) is 19.4 Å². The smallest absolute Gasteiger partial charge is 0.158 e. The maximum absolute atomic E-state index is 9.61. The highest BCUT2D eigenvalue weighted by Gasteiger charge is 2.09. The summed E-state index contributed by atoms with van der Waals surface area (Å²) in [6, 6.07) is 9.31.